The zero-order valence-electron chi connectivity index (χ0n) is 16.5. The van der Waals surface area contributed by atoms with E-state index in [0.717, 1.165) is 18.4 Å². The van der Waals surface area contributed by atoms with Gasteiger partial charge in [-0.3, -0.25) is 4.79 Å². The second kappa shape index (κ2) is 10.0. The van der Waals surface area contributed by atoms with E-state index in [1.807, 2.05) is 18.9 Å². The van der Waals surface area contributed by atoms with Crippen LogP contribution in [0.25, 0.3) is 0 Å². The highest BCUT2D eigenvalue weighted by molar-refractivity contribution is 7.89. The molecule has 1 aromatic carbocycles. The van der Waals surface area contributed by atoms with Gasteiger partial charge in [0.15, 0.2) is 0 Å². The minimum absolute atomic E-state index is 0. The van der Waals surface area contributed by atoms with Crippen LogP contribution in [0, 0.1) is 0 Å². The Hall–Kier alpha value is -1.19. The van der Waals surface area contributed by atoms with Crippen molar-refractivity contribution in [1.29, 1.82) is 0 Å². The molecule has 0 spiro atoms. The highest BCUT2D eigenvalue weighted by atomic mass is 35.5. The van der Waals surface area contributed by atoms with Crippen molar-refractivity contribution in [3.05, 3.63) is 29.3 Å². The summed E-state index contributed by atoms with van der Waals surface area (Å²) in [6.45, 7) is 4.80. The third-order valence-electron chi connectivity index (χ3n) is 5.47. The van der Waals surface area contributed by atoms with Crippen LogP contribution >= 0.6 is 12.4 Å². The number of sulfonamides is 1. The predicted octanol–water partition coefficient (Wildman–Crippen LogP) is 1.52. The molecule has 0 aliphatic carbocycles. The van der Waals surface area contributed by atoms with Gasteiger partial charge in [-0.1, -0.05) is 13.0 Å². The standard InChI is InChI=1S/C19H29N3O4S.ClH/c1-3-15-4-5-16(19(23)21-8-6-17(20-2)7-9-21)14-18(15)27(24,25)22-10-12-26-13-11-22;/h4-5,14,17,20H,3,6-13H2,1-2H3;1H. The summed E-state index contributed by atoms with van der Waals surface area (Å²) >= 11 is 0. The van der Waals surface area contributed by atoms with Crippen LogP contribution in [0.15, 0.2) is 23.1 Å². The third kappa shape index (κ3) is 4.86. The molecular weight excluding hydrogens is 402 g/mol. The summed E-state index contributed by atoms with van der Waals surface area (Å²) in [7, 11) is -1.69. The lowest BCUT2D eigenvalue weighted by Crippen LogP contribution is -2.44. The second-order valence-electron chi connectivity index (χ2n) is 7.05. The monoisotopic (exact) mass is 431 g/mol. The van der Waals surface area contributed by atoms with Crippen LogP contribution in [0.2, 0.25) is 0 Å². The Kier molecular flexibility index (Phi) is 8.27. The van der Waals surface area contributed by atoms with E-state index in [2.05, 4.69) is 5.32 Å². The molecule has 2 aliphatic rings. The summed E-state index contributed by atoms with van der Waals surface area (Å²) in [4.78, 5) is 15.0. The normalized spacial score (nSPS) is 19.3. The Balaban J connectivity index is 0.00000280. The van der Waals surface area contributed by atoms with Crippen molar-refractivity contribution in [2.45, 2.75) is 37.1 Å². The van der Waals surface area contributed by atoms with Crippen molar-refractivity contribution >= 4 is 28.3 Å². The number of piperidine rings is 1. The number of likely N-dealkylation sites (tertiary alicyclic amines) is 1. The van der Waals surface area contributed by atoms with E-state index < -0.39 is 10.0 Å². The molecular formula is C19H30ClN3O4S. The molecule has 2 heterocycles. The summed E-state index contributed by atoms with van der Waals surface area (Å²) in [5.74, 6) is -0.0920. The third-order valence-corrected chi connectivity index (χ3v) is 7.45. The van der Waals surface area contributed by atoms with E-state index >= 15 is 0 Å². The fourth-order valence-corrected chi connectivity index (χ4v) is 5.43. The number of nitrogens with zero attached hydrogens (tertiary/aromatic N) is 2. The van der Waals surface area contributed by atoms with Crippen molar-refractivity contribution < 1.29 is 17.9 Å². The zero-order valence-corrected chi connectivity index (χ0v) is 18.2. The molecule has 9 heteroatoms. The number of ether oxygens (including phenoxy) is 1. The molecule has 0 atom stereocenters. The lowest BCUT2D eigenvalue weighted by molar-refractivity contribution is 0.0706. The summed E-state index contributed by atoms with van der Waals surface area (Å²) in [5.41, 5.74) is 1.19. The Labute approximate surface area is 173 Å². The summed E-state index contributed by atoms with van der Waals surface area (Å²) < 4.78 is 33.0. The number of morpholine rings is 1. The quantitative estimate of drug-likeness (QED) is 0.764. The molecule has 158 valence electrons. The highest BCUT2D eigenvalue weighted by Crippen LogP contribution is 2.25. The largest absolute Gasteiger partial charge is 0.379 e. The first-order valence-corrected chi connectivity index (χ1v) is 11.1. The Morgan fingerprint density at radius 3 is 2.39 bits per heavy atom. The predicted molar refractivity (Wildman–Crippen MR) is 111 cm³/mol. The van der Waals surface area contributed by atoms with Gasteiger partial charge in [0.1, 0.15) is 0 Å². The number of amides is 1. The van der Waals surface area contributed by atoms with Crippen molar-refractivity contribution in [2.24, 2.45) is 0 Å². The number of carbonyl (C=O) groups excluding carboxylic acids is 1. The van der Waals surface area contributed by atoms with E-state index in [0.29, 0.717) is 57.4 Å². The zero-order chi connectivity index (χ0) is 19.4. The summed E-state index contributed by atoms with van der Waals surface area (Å²) in [6, 6.07) is 5.54. The molecule has 0 aromatic heterocycles. The highest BCUT2D eigenvalue weighted by Gasteiger charge is 2.30. The van der Waals surface area contributed by atoms with E-state index in [9.17, 15) is 13.2 Å². The van der Waals surface area contributed by atoms with E-state index in [-0.39, 0.29) is 23.2 Å². The number of halogens is 1. The van der Waals surface area contributed by atoms with Gasteiger partial charge in [0.25, 0.3) is 5.91 Å². The van der Waals surface area contributed by atoms with Crippen molar-refractivity contribution in [3.8, 4) is 0 Å². The molecule has 3 rings (SSSR count). The first kappa shape index (κ1) is 23.1. The van der Waals surface area contributed by atoms with Crippen LogP contribution < -0.4 is 5.32 Å². The number of hydrogen-bond donors (Lipinski definition) is 1. The van der Waals surface area contributed by atoms with Gasteiger partial charge in [0.2, 0.25) is 10.0 Å². The SMILES string of the molecule is CCc1ccc(C(=O)N2CCC(NC)CC2)cc1S(=O)(=O)N1CCOCC1.Cl. The maximum Gasteiger partial charge on any atom is 0.253 e. The Morgan fingerprint density at radius 1 is 1.18 bits per heavy atom. The molecule has 1 amide bonds. The fourth-order valence-electron chi connectivity index (χ4n) is 3.70. The molecule has 1 aromatic rings. The Bertz CT molecular complexity index is 773. The average Bonchev–Trinajstić information content (AvgIpc) is 2.73. The van der Waals surface area contributed by atoms with Gasteiger partial charge in [-0.05, 0) is 44.0 Å². The lowest BCUT2D eigenvalue weighted by Gasteiger charge is -2.32. The molecule has 2 saturated heterocycles. The molecule has 0 radical (unpaired) electrons. The molecule has 0 bridgehead atoms. The molecule has 2 fully saturated rings. The van der Waals surface area contributed by atoms with Gasteiger partial charge in [-0.25, -0.2) is 8.42 Å². The van der Waals surface area contributed by atoms with Crippen molar-refractivity contribution in [3.63, 3.8) is 0 Å². The second-order valence-corrected chi connectivity index (χ2v) is 8.95. The van der Waals surface area contributed by atoms with Crippen LogP contribution in [-0.4, -0.2) is 76.0 Å². The molecule has 1 N–H and O–H groups in total. The first-order chi connectivity index (χ1) is 13.0. The fraction of sp³-hybridized carbons (Fsp3) is 0.632. The van der Waals surface area contributed by atoms with Crippen LogP contribution in [0.5, 0.6) is 0 Å². The van der Waals surface area contributed by atoms with E-state index in [1.165, 1.54) is 4.31 Å². The van der Waals surface area contributed by atoms with Crippen LogP contribution in [0.1, 0.15) is 35.7 Å². The molecule has 0 unspecified atom stereocenters. The smallest absolute Gasteiger partial charge is 0.253 e. The number of carbonyl (C=O) groups is 1. The molecule has 28 heavy (non-hydrogen) atoms. The minimum Gasteiger partial charge on any atom is -0.379 e. The van der Waals surface area contributed by atoms with Gasteiger partial charge in [0, 0.05) is 37.8 Å². The van der Waals surface area contributed by atoms with E-state index in [4.69, 9.17) is 4.74 Å². The van der Waals surface area contributed by atoms with Crippen LogP contribution in [0.3, 0.4) is 0 Å². The van der Waals surface area contributed by atoms with Gasteiger partial charge in [-0.2, -0.15) is 4.31 Å². The molecule has 0 saturated carbocycles. The topological polar surface area (TPSA) is 79.0 Å². The molecule has 2 aliphatic heterocycles. The average molecular weight is 432 g/mol. The number of aryl methyl sites for hydroxylation is 1. The Morgan fingerprint density at radius 2 is 1.82 bits per heavy atom. The van der Waals surface area contributed by atoms with Gasteiger partial charge >= 0.3 is 0 Å². The number of benzene rings is 1. The van der Waals surface area contributed by atoms with Crippen molar-refractivity contribution in [2.75, 3.05) is 46.4 Å². The minimum atomic E-state index is -3.63. The maximum absolute atomic E-state index is 13.1. The van der Waals surface area contributed by atoms with Gasteiger partial charge in [-0.15, -0.1) is 12.4 Å². The van der Waals surface area contributed by atoms with Crippen molar-refractivity contribution in [1.82, 2.24) is 14.5 Å². The summed E-state index contributed by atoms with van der Waals surface area (Å²) in [6.07, 6.45) is 2.42. The number of nitrogens with one attached hydrogen (secondary N) is 1. The molecule has 7 nitrogen and oxygen atoms in total. The van der Waals surface area contributed by atoms with Crippen LogP contribution in [0.4, 0.5) is 0 Å². The first-order valence-electron chi connectivity index (χ1n) is 9.64. The maximum atomic E-state index is 13.1. The number of hydrogen-bond acceptors (Lipinski definition) is 5. The van der Waals surface area contributed by atoms with Crippen LogP contribution in [-0.2, 0) is 21.2 Å². The van der Waals surface area contributed by atoms with E-state index in [1.54, 1.807) is 18.2 Å². The summed E-state index contributed by atoms with van der Waals surface area (Å²) in [5, 5.41) is 3.25. The van der Waals surface area contributed by atoms with Gasteiger partial charge < -0.3 is 15.0 Å². The lowest BCUT2D eigenvalue weighted by atomic mass is 10.0. The number of rotatable bonds is 5. The van der Waals surface area contributed by atoms with Gasteiger partial charge in [0.05, 0.1) is 18.1 Å².